The number of nitrogens with one attached hydrogen (secondary N) is 1. The molecular formula is C7H16N2O2S. The molecular weight excluding hydrogens is 176 g/mol. The summed E-state index contributed by atoms with van der Waals surface area (Å²) in [5, 5.41) is 8.51. The lowest BCUT2D eigenvalue weighted by molar-refractivity contribution is -0.128. The third kappa shape index (κ3) is 3.94. The molecule has 0 heterocycles. The van der Waals surface area contributed by atoms with Crippen molar-refractivity contribution >= 4 is 17.7 Å². The van der Waals surface area contributed by atoms with Crippen LogP contribution in [-0.2, 0) is 4.79 Å². The summed E-state index contributed by atoms with van der Waals surface area (Å²) in [5.74, 6) is 6.15. The fourth-order valence-corrected chi connectivity index (χ4v) is 1.57. The molecule has 0 aromatic rings. The Balaban J connectivity index is 3.78. The van der Waals surface area contributed by atoms with Crippen LogP contribution in [0.1, 0.15) is 13.8 Å². The van der Waals surface area contributed by atoms with Crippen LogP contribution in [0.4, 0.5) is 0 Å². The summed E-state index contributed by atoms with van der Waals surface area (Å²) < 4.78 is 0. The molecule has 0 fully saturated rings. The van der Waals surface area contributed by atoms with Crippen molar-refractivity contribution in [1.82, 2.24) is 5.43 Å². The summed E-state index contributed by atoms with van der Waals surface area (Å²) in [4.78, 5) is 11.1. The molecule has 0 spiro atoms. The standard InChI is InChI=1S/C7H16N2O2S/c1-7(2,6(11)9-8)5-12-4-3-10/h10H,3-5,8H2,1-2H3,(H,9,11). The third-order valence-electron chi connectivity index (χ3n) is 1.44. The lowest BCUT2D eigenvalue weighted by Crippen LogP contribution is -2.42. The molecule has 0 saturated carbocycles. The van der Waals surface area contributed by atoms with Gasteiger partial charge in [0.1, 0.15) is 0 Å². The van der Waals surface area contributed by atoms with E-state index in [1.165, 1.54) is 11.8 Å². The number of aliphatic hydroxyl groups is 1. The third-order valence-corrected chi connectivity index (χ3v) is 2.84. The molecule has 12 heavy (non-hydrogen) atoms. The highest BCUT2D eigenvalue weighted by Gasteiger charge is 2.26. The molecule has 0 aliphatic carbocycles. The van der Waals surface area contributed by atoms with E-state index < -0.39 is 5.41 Å². The van der Waals surface area contributed by atoms with Crippen molar-refractivity contribution in [3.8, 4) is 0 Å². The monoisotopic (exact) mass is 192 g/mol. The first-order valence-electron chi connectivity index (χ1n) is 3.74. The van der Waals surface area contributed by atoms with Crippen molar-refractivity contribution in [2.75, 3.05) is 18.1 Å². The molecule has 0 saturated heterocycles. The summed E-state index contributed by atoms with van der Waals surface area (Å²) in [7, 11) is 0. The topological polar surface area (TPSA) is 75.3 Å². The minimum atomic E-state index is -0.464. The van der Waals surface area contributed by atoms with Crippen molar-refractivity contribution in [1.29, 1.82) is 0 Å². The molecule has 4 nitrogen and oxygen atoms in total. The number of carbonyl (C=O) groups excluding carboxylic acids is 1. The number of aliphatic hydroxyl groups excluding tert-OH is 1. The van der Waals surface area contributed by atoms with E-state index in [-0.39, 0.29) is 12.5 Å². The second-order valence-corrected chi connectivity index (χ2v) is 4.24. The van der Waals surface area contributed by atoms with Crippen LogP contribution in [0.3, 0.4) is 0 Å². The molecule has 5 heteroatoms. The van der Waals surface area contributed by atoms with Crippen LogP contribution >= 0.6 is 11.8 Å². The van der Waals surface area contributed by atoms with Gasteiger partial charge in [-0.2, -0.15) is 11.8 Å². The van der Waals surface area contributed by atoms with E-state index in [0.717, 1.165) is 0 Å². The number of hydrogen-bond donors (Lipinski definition) is 3. The number of amides is 1. The van der Waals surface area contributed by atoms with E-state index in [0.29, 0.717) is 11.5 Å². The minimum absolute atomic E-state index is 0.144. The maximum absolute atomic E-state index is 11.1. The first-order valence-corrected chi connectivity index (χ1v) is 4.89. The molecule has 0 aliphatic heterocycles. The molecule has 0 aliphatic rings. The van der Waals surface area contributed by atoms with Gasteiger partial charge in [0.2, 0.25) is 5.91 Å². The Labute approximate surface area is 76.9 Å². The largest absolute Gasteiger partial charge is 0.396 e. The maximum atomic E-state index is 11.1. The Morgan fingerprint density at radius 3 is 2.67 bits per heavy atom. The molecule has 0 atom stereocenters. The van der Waals surface area contributed by atoms with Crippen molar-refractivity contribution in [3.05, 3.63) is 0 Å². The summed E-state index contributed by atoms with van der Waals surface area (Å²) in [6.45, 7) is 3.78. The highest BCUT2D eigenvalue weighted by Crippen LogP contribution is 2.21. The second-order valence-electron chi connectivity index (χ2n) is 3.13. The molecule has 1 amide bonds. The molecule has 0 aromatic heterocycles. The molecule has 0 rings (SSSR count). The Bertz CT molecular complexity index is 150. The Morgan fingerprint density at radius 1 is 1.67 bits per heavy atom. The highest BCUT2D eigenvalue weighted by atomic mass is 32.2. The molecule has 4 N–H and O–H groups in total. The number of hydrazine groups is 1. The number of thioether (sulfide) groups is 1. The summed E-state index contributed by atoms with van der Waals surface area (Å²) in [5.41, 5.74) is 1.65. The van der Waals surface area contributed by atoms with Crippen LogP contribution in [0.25, 0.3) is 0 Å². The molecule has 0 unspecified atom stereocenters. The maximum Gasteiger partial charge on any atom is 0.240 e. The van der Waals surface area contributed by atoms with Gasteiger partial charge >= 0.3 is 0 Å². The van der Waals surface area contributed by atoms with E-state index >= 15 is 0 Å². The van der Waals surface area contributed by atoms with Crippen LogP contribution in [-0.4, -0.2) is 29.1 Å². The van der Waals surface area contributed by atoms with Crippen LogP contribution < -0.4 is 11.3 Å². The van der Waals surface area contributed by atoms with Gasteiger partial charge in [-0.25, -0.2) is 5.84 Å². The van der Waals surface area contributed by atoms with E-state index in [4.69, 9.17) is 10.9 Å². The van der Waals surface area contributed by atoms with Gasteiger partial charge in [-0.05, 0) is 0 Å². The van der Waals surface area contributed by atoms with Crippen LogP contribution in [0.15, 0.2) is 0 Å². The zero-order chi connectivity index (χ0) is 9.61. The van der Waals surface area contributed by atoms with Crippen LogP contribution in [0.2, 0.25) is 0 Å². The van der Waals surface area contributed by atoms with Gasteiger partial charge in [0.15, 0.2) is 0 Å². The first kappa shape index (κ1) is 11.7. The Hall–Kier alpha value is -0.260. The molecule has 0 radical (unpaired) electrons. The zero-order valence-electron chi connectivity index (χ0n) is 7.46. The van der Waals surface area contributed by atoms with Gasteiger partial charge in [-0.1, -0.05) is 13.8 Å². The normalized spacial score (nSPS) is 11.3. The zero-order valence-corrected chi connectivity index (χ0v) is 8.28. The van der Waals surface area contributed by atoms with Gasteiger partial charge in [0.25, 0.3) is 0 Å². The quantitative estimate of drug-likeness (QED) is 0.242. The van der Waals surface area contributed by atoms with Gasteiger partial charge in [-0.3, -0.25) is 10.2 Å². The van der Waals surface area contributed by atoms with Crippen molar-refractivity contribution in [2.45, 2.75) is 13.8 Å². The number of nitrogens with two attached hydrogens (primary N) is 1. The smallest absolute Gasteiger partial charge is 0.240 e. The average molecular weight is 192 g/mol. The lowest BCUT2D eigenvalue weighted by atomic mass is 9.96. The summed E-state index contributed by atoms with van der Waals surface area (Å²) in [6, 6.07) is 0. The fourth-order valence-electron chi connectivity index (χ4n) is 0.653. The van der Waals surface area contributed by atoms with Crippen molar-refractivity contribution < 1.29 is 9.90 Å². The molecule has 0 bridgehead atoms. The van der Waals surface area contributed by atoms with Gasteiger partial charge in [0, 0.05) is 11.5 Å². The van der Waals surface area contributed by atoms with E-state index in [2.05, 4.69) is 5.43 Å². The van der Waals surface area contributed by atoms with E-state index in [9.17, 15) is 4.79 Å². The van der Waals surface area contributed by atoms with Crippen LogP contribution in [0, 0.1) is 5.41 Å². The van der Waals surface area contributed by atoms with Gasteiger partial charge in [-0.15, -0.1) is 0 Å². The fraction of sp³-hybridized carbons (Fsp3) is 0.857. The first-order chi connectivity index (χ1) is 5.54. The average Bonchev–Trinajstić information content (AvgIpc) is 2.03. The van der Waals surface area contributed by atoms with E-state index in [1.807, 2.05) is 13.8 Å². The number of carbonyl (C=O) groups is 1. The SMILES string of the molecule is CC(C)(CSCCO)C(=O)NN. The predicted octanol–water partition coefficient (Wildman–Crippen LogP) is -0.272. The Kier molecular flexibility index (Phi) is 5.28. The van der Waals surface area contributed by atoms with E-state index in [1.54, 1.807) is 0 Å². The van der Waals surface area contributed by atoms with Gasteiger partial charge < -0.3 is 5.11 Å². The highest BCUT2D eigenvalue weighted by molar-refractivity contribution is 7.99. The number of hydrogen-bond acceptors (Lipinski definition) is 4. The molecule has 0 aromatic carbocycles. The Morgan fingerprint density at radius 2 is 2.25 bits per heavy atom. The van der Waals surface area contributed by atoms with Crippen molar-refractivity contribution in [2.24, 2.45) is 11.3 Å². The predicted molar refractivity (Wildman–Crippen MR) is 50.5 cm³/mol. The number of rotatable bonds is 5. The van der Waals surface area contributed by atoms with Crippen molar-refractivity contribution in [3.63, 3.8) is 0 Å². The molecule has 72 valence electrons. The van der Waals surface area contributed by atoms with Crippen LogP contribution in [0.5, 0.6) is 0 Å². The summed E-state index contributed by atoms with van der Waals surface area (Å²) in [6.07, 6.45) is 0. The second kappa shape index (κ2) is 5.40. The summed E-state index contributed by atoms with van der Waals surface area (Å²) >= 11 is 1.54. The minimum Gasteiger partial charge on any atom is -0.396 e. The lowest BCUT2D eigenvalue weighted by Gasteiger charge is -2.21. The van der Waals surface area contributed by atoms with Gasteiger partial charge in [0.05, 0.1) is 12.0 Å².